The monoisotopic (exact) mass is 302 g/mol. The van der Waals surface area contributed by atoms with Crippen molar-refractivity contribution in [2.24, 2.45) is 0 Å². The summed E-state index contributed by atoms with van der Waals surface area (Å²) in [6.07, 6.45) is 4.49. The van der Waals surface area contributed by atoms with E-state index in [2.05, 4.69) is 5.32 Å². The van der Waals surface area contributed by atoms with Crippen LogP contribution in [0.1, 0.15) is 17.3 Å². The summed E-state index contributed by atoms with van der Waals surface area (Å²) in [5.74, 6) is 1.51. The van der Waals surface area contributed by atoms with E-state index in [0.29, 0.717) is 18.1 Å². The van der Waals surface area contributed by atoms with Crippen LogP contribution in [0, 0.1) is 6.92 Å². The fraction of sp³-hybridized carbons (Fsp3) is 0.250. The summed E-state index contributed by atoms with van der Waals surface area (Å²) < 4.78 is 10.4. The first-order chi connectivity index (χ1) is 10.5. The Labute approximate surface area is 128 Å². The van der Waals surface area contributed by atoms with Crippen LogP contribution >= 0.6 is 0 Å². The smallest absolute Gasteiger partial charge is 0.246 e. The van der Waals surface area contributed by atoms with Crippen molar-refractivity contribution >= 4 is 17.9 Å². The molecule has 1 N–H and O–H groups in total. The van der Waals surface area contributed by atoms with Gasteiger partial charge in [0.05, 0.1) is 19.4 Å². The molecule has 0 spiro atoms. The Hall–Kier alpha value is -2.76. The molecule has 0 aliphatic rings. The van der Waals surface area contributed by atoms with Gasteiger partial charge in [0.2, 0.25) is 11.8 Å². The van der Waals surface area contributed by atoms with Crippen LogP contribution in [-0.2, 0) is 16.1 Å². The van der Waals surface area contributed by atoms with Crippen molar-refractivity contribution in [3.63, 3.8) is 0 Å². The number of furan rings is 2. The summed E-state index contributed by atoms with van der Waals surface area (Å²) >= 11 is 0. The highest BCUT2D eigenvalue weighted by Crippen LogP contribution is 2.08. The largest absolute Gasteiger partial charge is 0.467 e. The Morgan fingerprint density at radius 1 is 1.32 bits per heavy atom. The van der Waals surface area contributed by atoms with Crippen molar-refractivity contribution in [1.29, 1.82) is 0 Å². The lowest BCUT2D eigenvalue weighted by Crippen LogP contribution is -2.37. The third kappa shape index (κ3) is 4.66. The van der Waals surface area contributed by atoms with Gasteiger partial charge in [0, 0.05) is 13.1 Å². The van der Waals surface area contributed by atoms with Crippen LogP contribution in [0.3, 0.4) is 0 Å². The van der Waals surface area contributed by atoms with Crippen LogP contribution < -0.4 is 5.32 Å². The molecular formula is C16H18N2O4. The molecular weight excluding hydrogens is 284 g/mol. The SMILES string of the molecule is Cc1ccc(/C=C/C(=O)N(C)CC(=O)NCc2ccco2)o1. The van der Waals surface area contributed by atoms with E-state index in [1.54, 1.807) is 31.3 Å². The molecule has 6 nitrogen and oxygen atoms in total. The molecule has 0 aliphatic carbocycles. The topological polar surface area (TPSA) is 75.7 Å². The number of likely N-dealkylation sites (N-methyl/N-ethyl adjacent to an activating group) is 1. The number of hydrogen-bond donors (Lipinski definition) is 1. The normalized spacial score (nSPS) is 10.8. The zero-order valence-corrected chi connectivity index (χ0v) is 12.5. The summed E-state index contributed by atoms with van der Waals surface area (Å²) in [7, 11) is 1.56. The van der Waals surface area contributed by atoms with Crippen LogP contribution in [0.2, 0.25) is 0 Å². The van der Waals surface area contributed by atoms with Gasteiger partial charge >= 0.3 is 0 Å². The third-order valence-electron chi connectivity index (χ3n) is 2.95. The fourth-order valence-electron chi connectivity index (χ4n) is 1.77. The van der Waals surface area contributed by atoms with Crippen LogP contribution in [0.25, 0.3) is 6.08 Å². The first-order valence-electron chi connectivity index (χ1n) is 6.83. The van der Waals surface area contributed by atoms with Gasteiger partial charge in [0.15, 0.2) is 0 Å². The van der Waals surface area contributed by atoms with Crippen molar-refractivity contribution in [2.75, 3.05) is 13.6 Å². The van der Waals surface area contributed by atoms with Gasteiger partial charge in [-0.05, 0) is 37.3 Å². The van der Waals surface area contributed by atoms with Gasteiger partial charge in [0.1, 0.15) is 17.3 Å². The van der Waals surface area contributed by atoms with E-state index in [4.69, 9.17) is 8.83 Å². The van der Waals surface area contributed by atoms with E-state index in [1.807, 2.05) is 13.0 Å². The van der Waals surface area contributed by atoms with Crippen LogP contribution in [-0.4, -0.2) is 30.3 Å². The number of hydrogen-bond acceptors (Lipinski definition) is 4. The van der Waals surface area contributed by atoms with E-state index >= 15 is 0 Å². The predicted octanol–water partition coefficient (Wildman–Crippen LogP) is 1.97. The molecule has 116 valence electrons. The Bertz CT molecular complexity index is 656. The Morgan fingerprint density at radius 3 is 2.77 bits per heavy atom. The summed E-state index contributed by atoms with van der Waals surface area (Å²) in [6.45, 7) is 2.10. The lowest BCUT2D eigenvalue weighted by Gasteiger charge is -2.14. The summed E-state index contributed by atoms with van der Waals surface area (Å²) in [4.78, 5) is 25.0. The maximum Gasteiger partial charge on any atom is 0.246 e. The van der Waals surface area contributed by atoms with Gasteiger partial charge in [-0.3, -0.25) is 9.59 Å². The first kappa shape index (κ1) is 15.6. The van der Waals surface area contributed by atoms with E-state index in [-0.39, 0.29) is 18.4 Å². The molecule has 0 atom stereocenters. The summed E-state index contributed by atoms with van der Waals surface area (Å²) in [6, 6.07) is 7.10. The van der Waals surface area contributed by atoms with Gasteiger partial charge in [-0.2, -0.15) is 0 Å². The van der Waals surface area contributed by atoms with E-state index in [1.165, 1.54) is 17.2 Å². The van der Waals surface area contributed by atoms with Gasteiger partial charge in [0.25, 0.3) is 0 Å². The number of carbonyl (C=O) groups is 2. The first-order valence-corrected chi connectivity index (χ1v) is 6.83. The third-order valence-corrected chi connectivity index (χ3v) is 2.95. The number of nitrogens with zero attached hydrogens (tertiary/aromatic N) is 1. The maximum atomic E-state index is 11.9. The summed E-state index contributed by atoms with van der Waals surface area (Å²) in [5.41, 5.74) is 0. The van der Waals surface area contributed by atoms with Crippen molar-refractivity contribution in [2.45, 2.75) is 13.5 Å². The molecule has 2 aromatic rings. The molecule has 2 heterocycles. The molecule has 0 bridgehead atoms. The molecule has 6 heteroatoms. The molecule has 0 saturated heterocycles. The molecule has 0 aromatic carbocycles. The molecule has 0 fully saturated rings. The van der Waals surface area contributed by atoms with Gasteiger partial charge in [-0.25, -0.2) is 0 Å². The molecule has 22 heavy (non-hydrogen) atoms. The number of nitrogens with one attached hydrogen (secondary N) is 1. The average molecular weight is 302 g/mol. The number of aryl methyl sites for hydroxylation is 1. The molecule has 2 rings (SSSR count). The van der Waals surface area contributed by atoms with Crippen molar-refractivity contribution < 1.29 is 18.4 Å². The number of rotatable bonds is 6. The molecule has 2 amide bonds. The highest BCUT2D eigenvalue weighted by Gasteiger charge is 2.10. The van der Waals surface area contributed by atoms with E-state index < -0.39 is 0 Å². The van der Waals surface area contributed by atoms with Crippen molar-refractivity contribution in [1.82, 2.24) is 10.2 Å². The highest BCUT2D eigenvalue weighted by atomic mass is 16.3. The van der Waals surface area contributed by atoms with Crippen molar-refractivity contribution in [3.05, 3.63) is 53.9 Å². The molecule has 2 aromatic heterocycles. The molecule has 0 radical (unpaired) electrons. The number of amides is 2. The lowest BCUT2D eigenvalue weighted by atomic mass is 10.3. The minimum Gasteiger partial charge on any atom is -0.467 e. The quantitative estimate of drug-likeness (QED) is 0.828. The minimum atomic E-state index is -0.276. The fourth-order valence-corrected chi connectivity index (χ4v) is 1.77. The Balaban J connectivity index is 1.77. The highest BCUT2D eigenvalue weighted by molar-refractivity contribution is 5.93. The van der Waals surface area contributed by atoms with E-state index in [9.17, 15) is 9.59 Å². The maximum absolute atomic E-state index is 11.9. The Morgan fingerprint density at radius 2 is 2.14 bits per heavy atom. The zero-order valence-electron chi connectivity index (χ0n) is 12.5. The minimum absolute atomic E-state index is 0.0267. The zero-order chi connectivity index (χ0) is 15.9. The van der Waals surface area contributed by atoms with Gasteiger partial charge < -0.3 is 19.1 Å². The second kappa shape index (κ2) is 7.31. The molecule has 0 saturated carbocycles. The average Bonchev–Trinajstić information content (AvgIpc) is 3.14. The van der Waals surface area contributed by atoms with Gasteiger partial charge in [-0.1, -0.05) is 0 Å². The molecule has 0 unspecified atom stereocenters. The molecule has 0 aliphatic heterocycles. The van der Waals surface area contributed by atoms with Crippen LogP contribution in [0.5, 0.6) is 0 Å². The van der Waals surface area contributed by atoms with Crippen molar-refractivity contribution in [3.8, 4) is 0 Å². The second-order valence-electron chi connectivity index (χ2n) is 4.83. The lowest BCUT2D eigenvalue weighted by molar-refractivity contribution is -0.131. The predicted molar refractivity (Wildman–Crippen MR) is 80.7 cm³/mol. The Kier molecular flexibility index (Phi) is 5.19. The van der Waals surface area contributed by atoms with E-state index in [0.717, 1.165) is 5.76 Å². The second-order valence-corrected chi connectivity index (χ2v) is 4.83. The van der Waals surface area contributed by atoms with Crippen LogP contribution in [0.15, 0.2) is 45.4 Å². The van der Waals surface area contributed by atoms with Crippen LogP contribution in [0.4, 0.5) is 0 Å². The number of carbonyl (C=O) groups excluding carboxylic acids is 2. The standard InChI is InChI=1S/C16H18N2O4/c1-12-5-6-13(22-12)7-8-16(20)18(2)11-15(19)17-10-14-4-3-9-21-14/h3-9H,10-11H2,1-2H3,(H,17,19)/b8-7+. The summed E-state index contributed by atoms with van der Waals surface area (Å²) in [5, 5.41) is 2.68. The van der Waals surface area contributed by atoms with Gasteiger partial charge in [-0.15, -0.1) is 0 Å².